The minimum atomic E-state index is -1.03. The van der Waals surface area contributed by atoms with E-state index in [-0.39, 0.29) is 54.9 Å². The molecule has 4 N–H and O–H groups in total. The van der Waals surface area contributed by atoms with Gasteiger partial charge in [-0.2, -0.15) is 0 Å². The number of carbonyl (C=O) groups is 3. The van der Waals surface area contributed by atoms with Crippen LogP contribution in [-0.4, -0.2) is 70.5 Å². The number of rotatable bonds is 12. The molecule has 1 heterocycles. The van der Waals surface area contributed by atoms with Gasteiger partial charge in [0.1, 0.15) is 5.82 Å². The van der Waals surface area contributed by atoms with Crippen molar-refractivity contribution in [2.24, 2.45) is 0 Å². The molecule has 4 rings (SSSR count). The molecule has 196 valence electrons. The van der Waals surface area contributed by atoms with Crippen molar-refractivity contribution in [1.82, 2.24) is 15.6 Å². The third kappa shape index (κ3) is 8.92. The molecule has 0 saturated carbocycles. The van der Waals surface area contributed by atoms with Crippen molar-refractivity contribution in [2.75, 3.05) is 18.4 Å². The van der Waals surface area contributed by atoms with Crippen LogP contribution in [0.1, 0.15) is 30.9 Å². The molecular weight excluding hydrogens is 503 g/mol. The minimum absolute atomic E-state index is 0. The van der Waals surface area contributed by atoms with E-state index in [1.54, 1.807) is 6.20 Å². The van der Waals surface area contributed by atoms with E-state index in [2.05, 4.69) is 39.1 Å². The number of hydrogen-bond acceptors (Lipinski definition) is 5. The molecule has 1 aromatic heterocycles. The Morgan fingerprint density at radius 1 is 0.846 bits per heavy atom. The SMILES string of the molecule is O=C(O)CC(NC(=O)CNC(=O)CCCNc1ccccn1)c1ccc(-c2cccc3ccccc23)cc1.[NaH]. The van der Waals surface area contributed by atoms with E-state index < -0.39 is 17.9 Å². The molecular formula is C30H31N4NaO4. The number of aromatic nitrogens is 1. The Balaban J connectivity index is 0.00000420. The van der Waals surface area contributed by atoms with Crippen LogP contribution in [0.5, 0.6) is 0 Å². The fourth-order valence-corrected chi connectivity index (χ4v) is 4.24. The number of pyridine rings is 1. The Labute approximate surface area is 249 Å². The fraction of sp³-hybridized carbons (Fsp3) is 0.200. The average molecular weight is 535 g/mol. The molecule has 0 aliphatic carbocycles. The summed E-state index contributed by atoms with van der Waals surface area (Å²) in [6.45, 7) is 0.350. The first-order valence-corrected chi connectivity index (χ1v) is 12.5. The molecule has 0 aliphatic rings. The van der Waals surface area contributed by atoms with Gasteiger partial charge in [-0.1, -0.05) is 72.8 Å². The predicted octanol–water partition coefficient (Wildman–Crippen LogP) is 3.89. The van der Waals surface area contributed by atoms with E-state index in [9.17, 15) is 19.5 Å². The molecule has 0 radical (unpaired) electrons. The summed E-state index contributed by atoms with van der Waals surface area (Å²) in [6.07, 6.45) is 2.24. The maximum atomic E-state index is 12.5. The van der Waals surface area contributed by atoms with E-state index >= 15 is 0 Å². The second kappa shape index (κ2) is 15.0. The summed E-state index contributed by atoms with van der Waals surface area (Å²) in [7, 11) is 0. The van der Waals surface area contributed by atoms with Crippen LogP contribution < -0.4 is 16.0 Å². The van der Waals surface area contributed by atoms with E-state index in [0.717, 1.165) is 27.7 Å². The number of fused-ring (bicyclic) bond motifs is 1. The molecule has 0 aliphatic heterocycles. The number of aliphatic carboxylic acids is 1. The third-order valence-electron chi connectivity index (χ3n) is 6.13. The molecule has 8 nitrogen and oxygen atoms in total. The number of anilines is 1. The first kappa shape index (κ1) is 29.8. The van der Waals surface area contributed by atoms with Gasteiger partial charge in [-0.3, -0.25) is 14.4 Å². The summed E-state index contributed by atoms with van der Waals surface area (Å²) in [6, 6.07) is 26.6. The van der Waals surface area contributed by atoms with Gasteiger partial charge in [0.05, 0.1) is 19.0 Å². The van der Waals surface area contributed by atoms with Crippen LogP contribution in [0, 0.1) is 0 Å². The number of carbonyl (C=O) groups excluding carboxylic acids is 2. The summed E-state index contributed by atoms with van der Waals surface area (Å²) in [4.78, 5) is 40.3. The summed E-state index contributed by atoms with van der Waals surface area (Å²) in [5.74, 6) is -0.994. The molecule has 2 amide bonds. The molecule has 0 bridgehead atoms. The molecule has 0 fully saturated rings. The van der Waals surface area contributed by atoms with E-state index in [1.807, 2.05) is 66.7 Å². The standard InChI is InChI=1S/C30H30N4O4.Na.H/c35-28(12-6-18-32-27-11-3-4-17-31-27)33-20-29(36)34-26(19-30(37)38)23-15-13-22(14-16-23)25-10-5-8-21-7-1-2-9-24(21)25;;/h1-5,7-11,13-17,26H,6,12,18-20H2,(H,31,32)(H,33,35)(H,34,36)(H,37,38);;. The van der Waals surface area contributed by atoms with Crippen molar-refractivity contribution in [3.63, 3.8) is 0 Å². The Morgan fingerprint density at radius 2 is 1.59 bits per heavy atom. The molecule has 4 aromatic rings. The van der Waals surface area contributed by atoms with Crippen LogP contribution in [0.15, 0.2) is 91.1 Å². The first-order valence-electron chi connectivity index (χ1n) is 12.5. The van der Waals surface area contributed by atoms with Crippen molar-refractivity contribution in [1.29, 1.82) is 0 Å². The zero-order valence-corrected chi connectivity index (χ0v) is 20.9. The normalized spacial score (nSPS) is 11.2. The van der Waals surface area contributed by atoms with Crippen LogP contribution in [-0.2, 0) is 14.4 Å². The van der Waals surface area contributed by atoms with Gasteiger partial charge in [-0.25, -0.2) is 4.98 Å². The van der Waals surface area contributed by atoms with Crippen LogP contribution in [0.4, 0.5) is 5.82 Å². The van der Waals surface area contributed by atoms with Crippen molar-refractivity contribution in [3.05, 3.63) is 96.7 Å². The second-order valence-electron chi connectivity index (χ2n) is 8.89. The van der Waals surface area contributed by atoms with Crippen LogP contribution >= 0.6 is 0 Å². The fourth-order valence-electron chi connectivity index (χ4n) is 4.24. The number of carboxylic acid groups (broad SMARTS) is 1. The van der Waals surface area contributed by atoms with Gasteiger partial charge in [-0.15, -0.1) is 0 Å². The molecule has 1 atom stereocenters. The van der Waals surface area contributed by atoms with Gasteiger partial charge in [0.25, 0.3) is 0 Å². The number of nitrogens with zero attached hydrogens (tertiary/aromatic N) is 1. The van der Waals surface area contributed by atoms with Gasteiger partial charge in [0.15, 0.2) is 0 Å². The van der Waals surface area contributed by atoms with Gasteiger partial charge in [-0.05, 0) is 46.0 Å². The number of hydrogen-bond donors (Lipinski definition) is 4. The number of nitrogens with one attached hydrogen (secondary N) is 3. The number of carboxylic acids is 1. The zero-order valence-electron chi connectivity index (χ0n) is 20.9. The summed E-state index contributed by atoms with van der Waals surface area (Å²) in [5.41, 5.74) is 2.75. The maximum absolute atomic E-state index is 12.5. The van der Waals surface area contributed by atoms with E-state index in [1.165, 1.54) is 0 Å². The van der Waals surface area contributed by atoms with Crippen LogP contribution in [0.25, 0.3) is 21.9 Å². The average Bonchev–Trinajstić information content (AvgIpc) is 2.94. The monoisotopic (exact) mass is 534 g/mol. The van der Waals surface area contributed by atoms with E-state index in [4.69, 9.17) is 0 Å². The third-order valence-corrected chi connectivity index (χ3v) is 6.13. The van der Waals surface area contributed by atoms with Crippen LogP contribution in [0.2, 0.25) is 0 Å². The van der Waals surface area contributed by atoms with Gasteiger partial charge < -0.3 is 21.1 Å². The van der Waals surface area contributed by atoms with Crippen molar-refractivity contribution in [2.45, 2.75) is 25.3 Å². The summed E-state index contributed by atoms with van der Waals surface area (Å²) < 4.78 is 0. The second-order valence-corrected chi connectivity index (χ2v) is 8.89. The van der Waals surface area contributed by atoms with Gasteiger partial charge >= 0.3 is 35.5 Å². The molecule has 39 heavy (non-hydrogen) atoms. The first-order chi connectivity index (χ1) is 18.5. The predicted molar refractivity (Wildman–Crippen MR) is 155 cm³/mol. The molecule has 1 unspecified atom stereocenters. The topological polar surface area (TPSA) is 120 Å². The molecule has 0 saturated heterocycles. The molecule has 0 spiro atoms. The quantitative estimate of drug-likeness (QED) is 0.162. The molecule has 9 heteroatoms. The van der Waals surface area contributed by atoms with E-state index in [0.29, 0.717) is 18.5 Å². The van der Waals surface area contributed by atoms with Gasteiger partial charge in [0.2, 0.25) is 11.8 Å². The van der Waals surface area contributed by atoms with Gasteiger partial charge in [0, 0.05) is 19.2 Å². The Kier molecular flexibility index (Phi) is 11.5. The summed E-state index contributed by atoms with van der Waals surface area (Å²) >= 11 is 0. The summed E-state index contributed by atoms with van der Waals surface area (Å²) in [5, 5.41) is 20.1. The van der Waals surface area contributed by atoms with Crippen molar-refractivity contribution in [3.8, 4) is 11.1 Å². The Morgan fingerprint density at radius 3 is 2.33 bits per heavy atom. The van der Waals surface area contributed by atoms with Crippen LogP contribution in [0.3, 0.4) is 0 Å². The van der Waals surface area contributed by atoms with Crippen molar-refractivity contribution >= 4 is 63.9 Å². The number of amides is 2. The Bertz CT molecular complexity index is 1390. The van der Waals surface area contributed by atoms with Crippen molar-refractivity contribution < 1.29 is 19.5 Å². The molecule has 3 aromatic carbocycles. The zero-order chi connectivity index (χ0) is 26.7. The number of benzene rings is 3. The Hall–Kier alpha value is -3.72.